The van der Waals surface area contributed by atoms with E-state index in [2.05, 4.69) is 45.4 Å². The second-order valence-electron chi connectivity index (χ2n) is 16.1. The minimum atomic E-state index is -3.34. The van der Waals surface area contributed by atoms with Crippen LogP contribution in [0.2, 0.25) is 0 Å². The van der Waals surface area contributed by atoms with Crippen LogP contribution in [-0.2, 0) is 19.6 Å². The normalized spacial score (nSPS) is 46.6. The first-order valence-corrected chi connectivity index (χ1v) is 16.8. The van der Waals surface area contributed by atoms with Crippen molar-refractivity contribution in [2.24, 2.45) is 56.2 Å². The smallest absolute Gasteiger partial charge is 0.208 e. The number of Topliss-reactive ketones (excluding diaryl/α,β-unsaturated/α-hetero) is 2. The van der Waals surface area contributed by atoms with Gasteiger partial charge in [-0.1, -0.05) is 54.5 Å². The first-order valence-electron chi connectivity index (χ1n) is 14.9. The average Bonchev–Trinajstić information content (AvgIpc) is 2.81. The number of carbonyl (C=O) groups is 2. The average molecular weight is 557 g/mol. The van der Waals surface area contributed by atoms with Crippen molar-refractivity contribution in [3.8, 4) is 6.07 Å². The van der Waals surface area contributed by atoms with Crippen molar-refractivity contribution in [1.29, 1.82) is 5.26 Å². The van der Waals surface area contributed by atoms with Gasteiger partial charge in [0.2, 0.25) is 10.0 Å². The summed E-state index contributed by atoms with van der Waals surface area (Å²) in [7, 11) is -3.34. The van der Waals surface area contributed by atoms with Crippen LogP contribution in [0.3, 0.4) is 0 Å². The maximum atomic E-state index is 14.5. The summed E-state index contributed by atoms with van der Waals surface area (Å²) in [5.74, 6) is 0.440. The van der Waals surface area contributed by atoms with E-state index in [1.165, 1.54) is 6.26 Å². The molecule has 0 aliphatic heterocycles. The molecule has 0 saturated heterocycles. The quantitative estimate of drug-likeness (QED) is 0.471. The fraction of sp³-hybridized carbons (Fsp3) is 0.844. The Kier molecular flexibility index (Phi) is 6.32. The van der Waals surface area contributed by atoms with Crippen molar-refractivity contribution < 1.29 is 18.0 Å². The van der Waals surface area contributed by atoms with Crippen LogP contribution in [0.1, 0.15) is 99.8 Å². The molecular weight excluding hydrogens is 508 g/mol. The second-order valence-corrected chi connectivity index (χ2v) is 18.0. The Bertz CT molecular complexity index is 1290. The highest BCUT2D eigenvalue weighted by atomic mass is 32.2. The van der Waals surface area contributed by atoms with E-state index in [0.717, 1.165) is 44.9 Å². The summed E-state index contributed by atoms with van der Waals surface area (Å²) < 4.78 is 27.2. The zero-order valence-corrected chi connectivity index (χ0v) is 26.1. The summed E-state index contributed by atoms with van der Waals surface area (Å²) in [4.78, 5) is 27.8. The van der Waals surface area contributed by atoms with Gasteiger partial charge in [-0.2, -0.15) is 5.26 Å². The zero-order chi connectivity index (χ0) is 29.0. The first kappa shape index (κ1) is 29.0. The van der Waals surface area contributed by atoms with E-state index < -0.39 is 20.9 Å². The molecule has 0 bridgehead atoms. The predicted molar refractivity (Wildman–Crippen MR) is 152 cm³/mol. The molecule has 6 nitrogen and oxygen atoms in total. The van der Waals surface area contributed by atoms with Gasteiger partial charge in [-0.3, -0.25) is 9.59 Å². The number of hydrogen-bond acceptors (Lipinski definition) is 5. The number of rotatable bonds is 3. The number of fused-ring (bicyclic) bond motifs is 7. The van der Waals surface area contributed by atoms with E-state index in [1.54, 1.807) is 0 Å². The van der Waals surface area contributed by atoms with Crippen LogP contribution in [0.4, 0.5) is 0 Å². The lowest BCUT2D eigenvalue weighted by molar-refractivity contribution is -0.221. The number of sulfonamides is 1. The molecule has 4 fully saturated rings. The van der Waals surface area contributed by atoms with E-state index >= 15 is 0 Å². The highest BCUT2D eigenvalue weighted by Gasteiger charge is 2.72. The lowest BCUT2D eigenvalue weighted by atomic mass is 9.31. The third kappa shape index (κ3) is 3.97. The lowest BCUT2D eigenvalue weighted by Crippen LogP contribution is -2.69. The van der Waals surface area contributed by atoms with Crippen LogP contribution < -0.4 is 4.72 Å². The van der Waals surface area contributed by atoms with Gasteiger partial charge in [-0.05, 0) is 89.8 Å². The van der Waals surface area contributed by atoms with Crippen molar-refractivity contribution in [3.05, 3.63) is 11.6 Å². The molecule has 0 amide bonds. The molecule has 7 heteroatoms. The number of allylic oxidation sites excluding steroid dienone is 2. The molecule has 216 valence electrons. The molecule has 0 aromatic carbocycles. The molecule has 5 aliphatic carbocycles. The molecule has 2 unspecified atom stereocenters. The standard InChI is InChI=1S/C32H48N2O4S/c1-27(2)11-13-32(19-34-39(8,37)38)14-12-31(7)25(21(32)17-27)22(35)15-24-29(5)16-20(18-33)26(36)28(3,4)23(29)9-10-30(24,31)6/h16,21,23-25,34H,9-15,17,19H2,1-8H3/t21-,23?,24?,25+,29+,30-,31-,32-/m1/s1. The van der Waals surface area contributed by atoms with Gasteiger partial charge in [0, 0.05) is 24.3 Å². The SMILES string of the molecule is CC1(C)CC[C@]2(CNS(C)(=O)=O)CC[C@]3(C)[C@H](C(=O)CC4[C@@]5(C)C=C(C#N)C(=O)C(C)(C)C5CC[C@]43C)[C@H]2C1. The molecule has 0 radical (unpaired) electrons. The van der Waals surface area contributed by atoms with Gasteiger partial charge in [0.1, 0.15) is 11.9 Å². The molecule has 8 atom stereocenters. The zero-order valence-electron chi connectivity index (χ0n) is 25.2. The summed E-state index contributed by atoms with van der Waals surface area (Å²) in [5, 5.41) is 9.91. The minimum absolute atomic E-state index is 0.0615. The maximum Gasteiger partial charge on any atom is 0.208 e. The van der Waals surface area contributed by atoms with E-state index in [9.17, 15) is 23.3 Å². The highest BCUT2D eigenvalue weighted by Crippen LogP contribution is 2.75. The van der Waals surface area contributed by atoms with Gasteiger partial charge < -0.3 is 0 Å². The van der Waals surface area contributed by atoms with E-state index in [0.29, 0.717) is 18.7 Å². The van der Waals surface area contributed by atoms with Gasteiger partial charge in [0.05, 0.1) is 11.8 Å². The summed E-state index contributed by atoms with van der Waals surface area (Å²) >= 11 is 0. The Balaban J connectivity index is 1.61. The van der Waals surface area contributed by atoms with Gasteiger partial charge >= 0.3 is 0 Å². The van der Waals surface area contributed by atoms with Gasteiger partial charge in [0.15, 0.2) is 5.78 Å². The van der Waals surface area contributed by atoms with Crippen molar-refractivity contribution in [2.75, 3.05) is 12.8 Å². The van der Waals surface area contributed by atoms with Crippen LogP contribution in [0.25, 0.3) is 0 Å². The highest BCUT2D eigenvalue weighted by molar-refractivity contribution is 7.88. The first-order chi connectivity index (χ1) is 17.8. The number of nitrogens with zero attached hydrogens (tertiary/aromatic N) is 1. The van der Waals surface area contributed by atoms with Crippen molar-refractivity contribution >= 4 is 21.6 Å². The Hall–Kier alpha value is -1.52. The molecule has 0 heterocycles. The fourth-order valence-corrected chi connectivity index (χ4v) is 11.5. The summed E-state index contributed by atoms with van der Waals surface area (Å²) in [6.45, 7) is 16.0. The topological polar surface area (TPSA) is 104 Å². The number of hydrogen-bond donors (Lipinski definition) is 1. The fourth-order valence-electron chi connectivity index (χ4n) is 11.0. The lowest BCUT2D eigenvalue weighted by Gasteiger charge is -2.72. The molecule has 39 heavy (non-hydrogen) atoms. The molecular formula is C32H48N2O4S. The number of ketones is 2. The van der Waals surface area contributed by atoms with Gasteiger partial charge in [-0.25, -0.2) is 13.1 Å². The van der Waals surface area contributed by atoms with Crippen molar-refractivity contribution in [3.63, 3.8) is 0 Å². The van der Waals surface area contributed by atoms with Crippen LogP contribution in [-0.4, -0.2) is 32.8 Å². The Labute approximate surface area is 235 Å². The largest absolute Gasteiger partial charge is 0.299 e. The second kappa shape index (κ2) is 8.51. The van der Waals surface area contributed by atoms with Gasteiger partial charge in [-0.15, -0.1) is 0 Å². The number of nitrogens with one attached hydrogen (secondary N) is 1. The predicted octanol–water partition coefficient (Wildman–Crippen LogP) is 5.84. The van der Waals surface area contributed by atoms with E-state index in [4.69, 9.17) is 0 Å². The number of nitriles is 1. The Morgan fingerprint density at radius 3 is 2.21 bits per heavy atom. The molecule has 5 aliphatic rings. The van der Waals surface area contributed by atoms with Crippen molar-refractivity contribution in [1.82, 2.24) is 4.72 Å². The Morgan fingerprint density at radius 2 is 1.59 bits per heavy atom. The molecule has 1 N–H and O–H groups in total. The monoisotopic (exact) mass is 556 g/mol. The van der Waals surface area contributed by atoms with Crippen LogP contribution >= 0.6 is 0 Å². The third-order valence-electron chi connectivity index (χ3n) is 13.3. The number of carbonyl (C=O) groups excluding carboxylic acids is 2. The summed E-state index contributed by atoms with van der Waals surface area (Å²) in [6.07, 6.45) is 10.3. The van der Waals surface area contributed by atoms with Crippen LogP contribution in [0, 0.1) is 67.5 Å². The van der Waals surface area contributed by atoms with Gasteiger partial charge in [0.25, 0.3) is 0 Å². The molecule has 0 spiro atoms. The molecule has 5 rings (SSSR count). The van der Waals surface area contributed by atoms with Crippen LogP contribution in [0.15, 0.2) is 11.6 Å². The molecule has 0 aromatic heterocycles. The molecule has 4 saturated carbocycles. The van der Waals surface area contributed by atoms with Crippen LogP contribution in [0.5, 0.6) is 0 Å². The minimum Gasteiger partial charge on any atom is -0.299 e. The summed E-state index contributed by atoms with van der Waals surface area (Å²) in [6, 6.07) is 2.20. The van der Waals surface area contributed by atoms with E-state index in [-0.39, 0.29) is 56.7 Å². The molecule has 0 aromatic rings. The Morgan fingerprint density at radius 1 is 0.949 bits per heavy atom. The maximum absolute atomic E-state index is 14.5. The van der Waals surface area contributed by atoms with Crippen molar-refractivity contribution in [2.45, 2.75) is 99.8 Å². The summed E-state index contributed by atoms with van der Waals surface area (Å²) in [5.41, 5.74) is -1.22. The third-order valence-corrected chi connectivity index (χ3v) is 14.0. The van der Waals surface area contributed by atoms with E-state index in [1.807, 2.05) is 19.9 Å².